The Morgan fingerprint density at radius 1 is 0.475 bits per heavy atom. The minimum atomic E-state index is -0.600. The van der Waals surface area contributed by atoms with E-state index in [1.165, 1.54) is 173 Å². The first-order chi connectivity index (χ1) is 19.7. The van der Waals surface area contributed by atoms with Crippen molar-refractivity contribution in [2.24, 2.45) is 5.73 Å². The Bertz CT molecular complexity index is 518. The number of nitrogens with two attached hydrogens (primary N) is 1. The summed E-state index contributed by atoms with van der Waals surface area (Å²) in [6, 6.07) is 0. The quantitative estimate of drug-likeness (QED) is 0.0637. The van der Waals surface area contributed by atoms with Gasteiger partial charge in [-0.3, -0.25) is 0 Å². The molecule has 0 fully saturated rings. The van der Waals surface area contributed by atoms with Crippen LogP contribution in [0.15, 0.2) is 12.2 Å². The largest absolute Gasteiger partial charge is 0.446 e. The van der Waals surface area contributed by atoms with Crippen LogP contribution in [0.1, 0.15) is 213 Å². The lowest BCUT2D eigenvalue weighted by molar-refractivity contribution is 0.0921. The van der Waals surface area contributed by atoms with Crippen LogP contribution < -0.4 is 5.73 Å². The fourth-order valence-corrected chi connectivity index (χ4v) is 5.79. The number of primary amides is 1. The summed E-state index contributed by atoms with van der Waals surface area (Å²) >= 11 is 0. The number of ether oxygens (including phenoxy) is 1. The molecule has 238 valence electrons. The van der Waals surface area contributed by atoms with E-state index in [2.05, 4.69) is 26.0 Å². The normalized spacial score (nSPS) is 12.3. The monoisotopic (exact) mass is 564 g/mol. The Morgan fingerprint density at radius 3 is 1.05 bits per heavy atom. The van der Waals surface area contributed by atoms with Gasteiger partial charge >= 0.3 is 6.09 Å². The molecule has 0 bridgehead atoms. The molecule has 0 heterocycles. The second kappa shape index (κ2) is 34.2. The maximum absolute atomic E-state index is 11.3. The number of amides is 1. The zero-order valence-corrected chi connectivity index (χ0v) is 27.5. The minimum Gasteiger partial charge on any atom is -0.446 e. The van der Waals surface area contributed by atoms with E-state index in [4.69, 9.17) is 10.5 Å². The lowest BCUT2D eigenvalue weighted by Crippen LogP contribution is -2.22. The molecule has 0 radical (unpaired) electrons. The van der Waals surface area contributed by atoms with E-state index in [0.29, 0.717) is 0 Å². The summed E-state index contributed by atoms with van der Waals surface area (Å²) in [5.74, 6) is 0. The third kappa shape index (κ3) is 33.2. The third-order valence-corrected chi connectivity index (χ3v) is 8.45. The first-order valence-electron chi connectivity index (χ1n) is 18.3. The van der Waals surface area contributed by atoms with Crippen molar-refractivity contribution in [2.75, 3.05) is 0 Å². The van der Waals surface area contributed by atoms with Gasteiger partial charge in [-0.25, -0.2) is 4.79 Å². The molecule has 0 aliphatic carbocycles. The Balaban J connectivity index is 3.51. The molecule has 0 saturated heterocycles. The summed E-state index contributed by atoms with van der Waals surface area (Å²) in [4.78, 5) is 11.3. The van der Waals surface area contributed by atoms with Crippen molar-refractivity contribution in [1.29, 1.82) is 0 Å². The minimum absolute atomic E-state index is 0.0258. The third-order valence-electron chi connectivity index (χ3n) is 8.45. The highest BCUT2D eigenvalue weighted by molar-refractivity contribution is 5.64. The molecule has 0 aromatic carbocycles. The predicted molar refractivity (Wildman–Crippen MR) is 178 cm³/mol. The highest BCUT2D eigenvalue weighted by atomic mass is 16.6. The molecular weight excluding hydrogens is 490 g/mol. The van der Waals surface area contributed by atoms with Gasteiger partial charge < -0.3 is 10.5 Å². The van der Waals surface area contributed by atoms with Crippen molar-refractivity contribution in [3.8, 4) is 0 Å². The molecular formula is C37H73NO2. The Labute approximate surface area is 252 Å². The molecule has 1 amide bonds. The summed E-state index contributed by atoms with van der Waals surface area (Å²) in [6.45, 7) is 4.57. The average molecular weight is 564 g/mol. The summed E-state index contributed by atoms with van der Waals surface area (Å²) in [5, 5.41) is 0. The lowest BCUT2D eigenvalue weighted by Gasteiger charge is -2.16. The molecule has 0 aliphatic heterocycles. The van der Waals surface area contributed by atoms with Gasteiger partial charge in [-0.05, 0) is 51.4 Å². The molecule has 1 unspecified atom stereocenters. The van der Waals surface area contributed by atoms with Gasteiger partial charge in [0, 0.05) is 0 Å². The van der Waals surface area contributed by atoms with E-state index >= 15 is 0 Å². The average Bonchev–Trinajstić information content (AvgIpc) is 2.94. The maximum atomic E-state index is 11.3. The zero-order chi connectivity index (χ0) is 29.2. The molecule has 3 nitrogen and oxygen atoms in total. The lowest BCUT2D eigenvalue weighted by atomic mass is 10.0. The molecule has 40 heavy (non-hydrogen) atoms. The van der Waals surface area contributed by atoms with Gasteiger partial charge in [-0.15, -0.1) is 0 Å². The van der Waals surface area contributed by atoms with Crippen molar-refractivity contribution in [3.63, 3.8) is 0 Å². The highest BCUT2D eigenvalue weighted by Crippen LogP contribution is 2.18. The van der Waals surface area contributed by atoms with Crippen LogP contribution in [-0.4, -0.2) is 12.2 Å². The van der Waals surface area contributed by atoms with E-state index in [1.807, 2.05) is 0 Å². The van der Waals surface area contributed by atoms with Crippen molar-refractivity contribution in [2.45, 2.75) is 219 Å². The molecule has 0 spiro atoms. The van der Waals surface area contributed by atoms with E-state index in [0.717, 1.165) is 25.7 Å². The van der Waals surface area contributed by atoms with Gasteiger partial charge in [0.2, 0.25) is 0 Å². The fourth-order valence-electron chi connectivity index (χ4n) is 5.79. The molecule has 1 atom stereocenters. The van der Waals surface area contributed by atoms with Gasteiger partial charge in [-0.1, -0.05) is 174 Å². The Morgan fingerprint density at radius 2 is 0.750 bits per heavy atom. The van der Waals surface area contributed by atoms with Crippen LogP contribution in [0, 0.1) is 0 Å². The topological polar surface area (TPSA) is 52.3 Å². The number of carbonyl (C=O) groups excluding carboxylic acids is 1. The van der Waals surface area contributed by atoms with E-state index < -0.39 is 6.09 Å². The Hall–Kier alpha value is -0.990. The predicted octanol–water partition coefficient (Wildman–Crippen LogP) is 13.1. The molecule has 0 aliphatic rings. The first kappa shape index (κ1) is 39.0. The van der Waals surface area contributed by atoms with Crippen LogP contribution in [0.25, 0.3) is 0 Å². The highest BCUT2D eigenvalue weighted by Gasteiger charge is 2.12. The zero-order valence-electron chi connectivity index (χ0n) is 27.5. The summed E-state index contributed by atoms with van der Waals surface area (Å²) in [5.41, 5.74) is 5.34. The number of unbranched alkanes of at least 4 members (excludes halogenated alkanes) is 26. The summed E-state index contributed by atoms with van der Waals surface area (Å²) < 4.78 is 5.43. The van der Waals surface area contributed by atoms with E-state index in [-0.39, 0.29) is 6.10 Å². The molecule has 0 rings (SSSR count). The molecule has 0 aromatic heterocycles. The smallest absolute Gasteiger partial charge is 0.404 e. The number of carbonyl (C=O) groups is 1. The van der Waals surface area contributed by atoms with Crippen LogP contribution >= 0.6 is 0 Å². The summed E-state index contributed by atoms with van der Waals surface area (Å²) in [6.07, 6.45) is 45.3. The van der Waals surface area contributed by atoms with Crippen molar-refractivity contribution in [1.82, 2.24) is 0 Å². The van der Waals surface area contributed by atoms with Gasteiger partial charge in [0.1, 0.15) is 6.10 Å². The van der Waals surface area contributed by atoms with Crippen LogP contribution in [0.5, 0.6) is 0 Å². The maximum Gasteiger partial charge on any atom is 0.404 e. The number of allylic oxidation sites excluding steroid dienone is 2. The van der Waals surface area contributed by atoms with Crippen LogP contribution in [-0.2, 0) is 4.74 Å². The van der Waals surface area contributed by atoms with Crippen molar-refractivity contribution < 1.29 is 9.53 Å². The van der Waals surface area contributed by atoms with Crippen LogP contribution in [0.4, 0.5) is 4.79 Å². The number of rotatable bonds is 33. The first-order valence-corrected chi connectivity index (χ1v) is 18.3. The molecule has 2 N–H and O–H groups in total. The van der Waals surface area contributed by atoms with Gasteiger partial charge in [0.05, 0.1) is 0 Å². The van der Waals surface area contributed by atoms with Crippen molar-refractivity contribution >= 4 is 6.09 Å². The van der Waals surface area contributed by atoms with E-state index in [1.54, 1.807) is 0 Å². The van der Waals surface area contributed by atoms with Gasteiger partial charge in [-0.2, -0.15) is 0 Å². The van der Waals surface area contributed by atoms with Crippen LogP contribution in [0.2, 0.25) is 0 Å². The van der Waals surface area contributed by atoms with Gasteiger partial charge in [0.25, 0.3) is 0 Å². The Kier molecular flexibility index (Phi) is 33.4. The van der Waals surface area contributed by atoms with Crippen molar-refractivity contribution in [3.05, 3.63) is 12.2 Å². The molecule has 3 heteroatoms. The second-order valence-corrected chi connectivity index (χ2v) is 12.5. The number of hydrogen-bond acceptors (Lipinski definition) is 2. The standard InChI is InChI=1S/C37H73NO2/c1-3-5-7-9-11-13-15-17-19-21-23-25-27-29-31-33-35-36(40-37(38)39)34-32-30-28-26-24-22-20-18-16-14-12-10-8-6-4-2/h15,17,36H,3-14,16,18-35H2,1-2H3,(H2,38,39)/b17-15+. The SMILES string of the molecule is CCCCCCC/C=C/CCCCCCCCCC(CCCCCCCCCCCCCCCCC)OC(N)=O. The van der Waals surface area contributed by atoms with E-state index in [9.17, 15) is 4.79 Å². The fraction of sp³-hybridized carbons (Fsp3) is 0.919. The second-order valence-electron chi connectivity index (χ2n) is 12.5. The van der Waals surface area contributed by atoms with Crippen LogP contribution in [0.3, 0.4) is 0 Å². The molecule has 0 saturated carbocycles. The summed E-state index contributed by atoms with van der Waals surface area (Å²) in [7, 11) is 0. The van der Waals surface area contributed by atoms with Gasteiger partial charge in [0.15, 0.2) is 0 Å². The number of hydrogen-bond donors (Lipinski definition) is 1. The molecule has 0 aromatic rings.